The number of ether oxygens (including phenoxy) is 2. The molecule has 2 heterocycles. The zero-order valence-corrected chi connectivity index (χ0v) is 15.0. The topological polar surface area (TPSA) is 54.8 Å². The Bertz CT molecular complexity index is 955. The van der Waals surface area contributed by atoms with Crippen LogP contribution in [0.25, 0.3) is 10.9 Å². The number of aromatic hydroxyl groups is 1. The number of aromatic nitrogens is 1. The Morgan fingerprint density at radius 2 is 1.85 bits per heavy atom. The van der Waals surface area contributed by atoms with Gasteiger partial charge in [0.1, 0.15) is 11.3 Å². The fraction of sp³-hybridized carbons (Fsp3) is 0.286. The maximum Gasteiger partial charge on any atom is 0.161 e. The van der Waals surface area contributed by atoms with E-state index in [1.807, 2.05) is 18.2 Å². The van der Waals surface area contributed by atoms with Crippen LogP contribution in [-0.4, -0.2) is 35.8 Å². The van der Waals surface area contributed by atoms with Gasteiger partial charge in [0.25, 0.3) is 0 Å². The van der Waals surface area contributed by atoms with Crippen LogP contribution >= 0.6 is 0 Å². The van der Waals surface area contributed by atoms with Crippen molar-refractivity contribution in [3.8, 4) is 17.2 Å². The molecule has 26 heavy (non-hydrogen) atoms. The van der Waals surface area contributed by atoms with E-state index in [0.29, 0.717) is 5.52 Å². The van der Waals surface area contributed by atoms with Crippen molar-refractivity contribution in [3.05, 3.63) is 59.3 Å². The van der Waals surface area contributed by atoms with Crippen molar-refractivity contribution in [2.75, 3.05) is 20.8 Å². The minimum absolute atomic E-state index is 0.227. The summed E-state index contributed by atoms with van der Waals surface area (Å²) in [7, 11) is 3.34. The summed E-state index contributed by atoms with van der Waals surface area (Å²) in [5, 5.41) is 11.0. The Hall–Kier alpha value is -2.79. The molecule has 0 atom stereocenters. The van der Waals surface area contributed by atoms with Crippen molar-refractivity contribution in [3.63, 3.8) is 0 Å². The van der Waals surface area contributed by atoms with E-state index in [-0.39, 0.29) is 5.75 Å². The Kier molecular flexibility index (Phi) is 4.39. The number of nitrogens with zero attached hydrogens (tertiary/aromatic N) is 2. The number of pyridine rings is 1. The van der Waals surface area contributed by atoms with Crippen LogP contribution < -0.4 is 9.47 Å². The second kappa shape index (κ2) is 6.84. The molecule has 4 rings (SSSR count). The Labute approximate surface area is 152 Å². The number of hydrogen-bond acceptors (Lipinski definition) is 5. The number of hydrogen-bond donors (Lipinski definition) is 1. The summed E-state index contributed by atoms with van der Waals surface area (Å²) >= 11 is 0. The SMILES string of the molecule is COc1cc2c(cc1OC)CN(Cc1ccc(O)c3ncccc13)CC2. The molecule has 134 valence electrons. The Balaban J connectivity index is 1.61. The van der Waals surface area contributed by atoms with E-state index in [9.17, 15) is 5.11 Å². The van der Waals surface area contributed by atoms with Crippen LogP contribution in [0.3, 0.4) is 0 Å². The fourth-order valence-corrected chi connectivity index (χ4v) is 3.67. The first-order chi connectivity index (χ1) is 12.7. The first kappa shape index (κ1) is 16.7. The van der Waals surface area contributed by atoms with Crippen LogP contribution in [0, 0.1) is 0 Å². The third kappa shape index (κ3) is 2.95. The maximum absolute atomic E-state index is 10.0. The molecule has 0 spiro atoms. The molecule has 5 nitrogen and oxygen atoms in total. The molecule has 0 saturated heterocycles. The van der Waals surface area contributed by atoms with Gasteiger partial charge < -0.3 is 14.6 Å². The van der Waals surface area contributed by atoms with Crippen LogP contribution in [0.4, 0.5) is 0 Å². The second-order valence-electron chi connectivity index (χ2n) is 6.58. The zero-order valence-electron chi connectivity index (χ0n) is 15.0. The first-order valence-corrected chi connectivity index (χ1v) is 8.71. The molecular formula is C21H22N2O3. The minimum atomic E-state index is 0.227. The van der Waals surface area contributed by atoms with Crippen molar-refractivity contribution in [1.29, 1.82) is 0 Å². The molecule has 1 aliphatic heterocycles. The summed E-state index contributed by atoms with van der Waals surface area (Å²) in [6.45, 7) is 2.65. The monoisotopic (exact) mass is 350 g/mol. The average Bonchev–Trinajstić information content (AvgIpc) is 2.69. The lowest BCUT2D eigenvalue weighted by molar-refractivity contribution is 0.245. The highest BCUT2D eigenvalue weighted by Crippen LogP contribution is 2.34. The van der Waals surface area contributed by atoms with Crippen molar-refractivity contribution in [2.45, 2.75) is 19.5 Å². The molecule has 5 heteroatoms. The van der Waals surface area contributed by atoms with Crippen LogP contribution in [0.15, 0.2) is 42.6 Å². The van der Waals surface area contributed by atoms with E-state index in [2.05, 4.69) is 22.0 Å². The van der Waals surface area contributed by atoms with Gasteiger partial charge in [0.2, 0.25) is 0 Å². The molecule has 2 aromatic carbocycles. The molecule has 0 saturated carbocycles. The summed E-state index contributed by atoms with van der Waals surface area (Å²) in [4.78, 5) is 6.72. The lowest BCUT2D eigenvalue weighted by Crippen LogP contribution is -2.30. The number of benzene rings is 2. The lowest BCUT2D eigenvalue weighted by atomic mass is 9.98. The number of rotatable bonds is 4. The largest absolute Gasteiger partial charge is 0.506 e. The van der Waals surface area contributed by atoms with Crippen molar-refractivity contribution in [1.82, 2.24) is 9.88 Å². The summed E-state index contributed by atoms with van der Waals surface area (Å²) in [6.07, 6.45) is 2.69. The van der Waals surface area contributed by atoms with E-state index in [0.717, 1.165) is 42.9 Å². The van der Waals surface area contributed by atoms with Crippen LogP contribution in [-0.2, 0) is 19.5 Å². The third-order valence-corrected chi connectivity index (χ3v) is 5.03. The first-order valence-electron chi connectivity index (χ1n) is 8.71. The van der Waals surface area contributed by atoms with Gasteiger partial charge in [-0.15, -0.1) is 0 Å². The predicted molar refractivity (Wildman–Crippen MR) is 101 cm³/mol. The predicted octanol–water partition coefficient (Wildman–Crippen LogP) is 3.52. The highest BCUT2D eigenvalue weighted by atomic mass is 16.5. The van der Waals surface area contributed by atoms with E-state index in [1.165, 1.54) is 16.7 Å². The van der Waals surface area contributed by atoms with E-state index >= 15 is 0 Å². The summed E-state index contributed by atoms with van der Waals surface area (Å²) in [5.41, 5.74) is 4.43. The summed E-state index contributed by atoms with van der Waals surface area (Å²) in [5.74, 6) is 1.79. The van der Waals surface area contributed by atoms with Crippen molar-refractivity contribution >= 4 is 10.9 Å². The maximum atomic E-state index is 10.0. The van der Waals surface area contributed by atoms with E-state index in [1.54, 1.807) is 26.5 Å². The van der Waals surface area contributed by atoms with Gasteiger partial charge in [-0.1, -0.05) is 12.1 Å². The third-order valence-electron chi connectivity index (χ3n) is 5.03. The molecule has 0 aliphatic carbocycles. The molecule has 3 aromatic rings. The highest BCUT2D eigenvalue weighted by molar-refractivity contribution is 5.87. The van der Waals surface area contributed by atoms with Crippen molar-refractivity contribution < 1.29 is 14.6 Å². The van der Waals surface area contributed by atoms with Gasteiger partial charge in [0, 0.05) is 31.2 Å². The lowest BCUT2D eigenvalue weighted by Gasteiger charge is -2.30. The van der Waals surface area contributed by atoms with E-state index in [4.69, 9.17) is 9.47 Å². The van der Waals surface area contributed by atoms with Gasteiger partial charge in [-0.2, -0.15) is 0 Å². The zero-order chi connectivity index (χ0) is 18.1. The van der Waals surface area contributed by atoms with Gasteiger partial charge in [0.05, 0.1) is 14.2 Å². The Morgan fingerprint density at radius 3 is 2.62 bits per heavy atom. The molecular weight excluding hydrogens is 328 g/mol. The highest BCUT2D eigenvalue weighted by Gasteiger charge is 2.20. The number of fused-ring (bicyclic) bond motifs is 2. The van der Waals surface area contributed by atoms with E-state index < -0.39 is 0 Å². The smallest absolute Gasteiger partial charge is 0.161 e. The quantitative estimate of drug-likeness (QED) is 0.780. The van der Waals surface area contributed by atoms with Gasteiger partial charge in [-0.05, 0) is 47.4 Å². The van der Waals surface area contributed by atoms with Gasteiger partial charge in [-0.3, -0.25) is 9.88 Å². The minimum Gasteiger partial charge on any atom is -0.506 e. The van der Waals surface area contributed by atoms with Crippen LogP contribution in [0.1, 0.15) is 16.7 Å². The number of phenolic OH excluding ortho intramolecular Hbond substituents is 1. The standard InChI is InChI=1S/C21H22N2O3/c1-25-19-10-14-7-9-23(13-16(14)11-20(19)26-2)12-15-5-6-18(24)21-17(15)4-3-8-22-21/h3-6,8,10-11,24H,7,9,12-13H2,1-2H3. The number of methoxy groups -OCH3 is 2. The Morgan fingerprint density at radius 1 is 1.08 bits per heavy atom. The molecule has 0 amide bonds. The summed E-state index contributed by atoms with van der Waals surface area (Å²) < 4.78 is 10.9. The normalized spacial score (nSPS) is 14.2. The summed E-state index contributed by atoms with van der Waals surface area (Å²) in [6, 6.07) is 11.8. The van der Waals surface area contributed by atoms with Gasteiger partial charge in [-0.25, -0.2) is 0 Å². The molecule has 1 aliphatic rings. The second-order valence-corrected chi connectivity index (χ2v) is 6.58. The van der Waals surface area contributed by atoms with Gasteiger partial charge >= 0.3 is 0 Å². The molecule has 0 radical (unpaired) electrons. The van der Waals surface area contributed by atoms with Crippen LogP contribution in [0.5, 0.6) is 17.2 Å². The molecule has 0 bridgehead atoms. The van der Waals surface area contributed by atoms with Crippen molar-refractivity contribution in [2.24, 2.45) is 0 Å². The molecule has 0 fully saturated rings. The molecule has 1 aromatic heterocycles. The fourth-order valence-electron chi connectivity index (χ4n) is 3.67. The number of phenols is 1. The molecule has 0 unspecified atom stereocenters. The molecule has 1 N–H and O–H groups in total. The van der Waals surface area contributed by atoms with Gasteiger partial charge in [0.15, 0.2) is 11.5 Å². The van der Waals surface area contributed by atoms with Crippen LogP contribution in [0.2, 0.25) is 0 Å². The average molecular weight is 350 g/mol.